The van der Waals surface area contributed by atoms with Crippen molar-refractivity contribution < 1.29 is 14.0 Å². The van der Waals surface area contributed by atoms with Gasteiger partial charge in [-0.2, -0.15) is 0 Å². The first-order valence-electron chi connectivity index (χ1n) is 5.90. The van der Waals surface area contributed by atoms with Crippen LogP contribution in [0.1, 0.15) is 30.3 Å². The maximum Gasteiger partial charge on any atom is 0.287 e. The molecule has 1 aromatic rings. The highest BCUT2D eigenvalue weighted by atomic mass is 79.9. The van der Waals surface area contributed by atoms with Gasteiger partial charge in [0.25, 0.3) is 5.91 Å². The van der Waals surface area contributed by atoms with Gasteiger partial charge in [0.15, 0.2) is 10.4 Å². The van der Waals surface area contributed by atoms with Crippen molar-refractivity contribution in [2.24, 2.45) is 0 Å². The molecule has 1 unspecified atom stereocenters. The number of furan rings is 1. The van der Waals surface area contributed by atoms with Crippen LogP contribution in [0.2, 0.25) is 0 Å². The van der Waals surface area contributed by atoms with Crippen molar-refractivity contribution in [1.29, 1.82) is 0 Å². The van der Waals surface area contributed by atoms with Crippen LogP contribution in [0.3, 0.4) is 0 Å². The minimum Gasteiger partial charge on any atom is -0.444 e. The lowest BCUT2D eigenvalue weighted by Gasteiger charge is -2.21. The number of amides is 2. The number of nitrogens with one attached hydrogen (secondary N) is 1. The van der Waals surface area contributed by atoms with Crippen LogP contribution < -0.4 is 5.32 Å². The van der Waals surface area contributed by atoms with E-state index < -0.39 is 0 Å². The number of halogens is 1. The molecule has 1 fully saturated rings. The summed E-state index contributed by atoms with van der Waals surface area (Å²) in [6, 6.07) is 3.18. The monoisotopic (exact) mass is 314 g/mol. The Balaban J connectivity index is 1.85. The first kappa shape index (κ1) is 13.1. The Kier molecular flexibility index (Phi) is 4.06. The largest absolute Gasteiger partial charge is 0.444 e. The average Bonchev–Trinajstić information content (AvgIpc) is 2.89. The number of hydrogen-bond acceptors (Lipinski definition) is 3. The number of carbonyl (C=O) groups excluding carboxylic acids is 2. The molecule has 2 rings (SSSR count). The molecule has 1 atom stereocenters. The van der Waals surface area contributed by atoms with Gasteiger partial charge in [0.1, 0.15) is 0 Å². The van der Waals surface area contributed by atoms with Crippen LogP contribution in [0.15, 0.2) is 21.2 Å². The lowest BCUT2D eigenvalue weighted by Crippen LogP contribution is -2.42. The topological polar surface area (TPSA) is 62.6 Å². The molecule has 0 radical (unpaired) electrons. The van der Waals surface area contributed by atoms with E-state index in [4.69, 9.17) is 4.42 Å². The zero-order chi connectivity index (χ0) is 13.1. The van der Waals surface area contributed by atoms with E-state index in [1.54, 1.807) is 17.0 Å². The fourth-order valence-corrected chi connectivity index (χ4v) is 2.31. The molecule has 2 heterocycles. The molecule has 18 heavy (non-hydrogen) atoms. The number of nitrogens with zero attached hydrogens (tertiary/aromatic N) is 1. The maximum atomic E-state index is 11.8. The predicted molar refractivity (Wildman–Crippen MR) is 69.2 cm³/mol. The van der Waals surface area contributed by atoms with Gasteiger partial charge in [-0.25, -0.2) is 0 Å². The summed E-state index contributed by atoms with van der Waals surface area (Å²) in [7, 11) is 0. The fraction of sp³-hybridized carbons (Fsp3) is 0.500. The van der Waals surface area contributed by atoms with Crippen LogP contribution in [0.5, 0.6) is 0 Å². The second kappa shape index (κ2) is 5.56. The van der Waals surface area contributed by atoms with Gasteiger partial charge in [0, 0.05) is 25.6 Å². The van der Waals surface area contributed by atoms with Gasteiger partial charge < -0.3 is 14.6 Å². The molecule has 1 aliphatic rings. The van der Waals surface area contributed by atoms with Crippen molar-refractivity contribution in [3.05, 3.63) is 22.6 Å². The van der Waals surface area contributed by atoms with E-state index in [2.05, 4.69) is 21.2 Å². The normalized spacial score (nSPS) is 17.0. The molecule has 1 aromatic heterocycles. The smallest absolute Gasteiger partial charge is 0.287 e. The van der Waals surface area contributed by atoms with Crippen molar-refractivity contribution in [3.8, 4) is 0 Å². The minimum absolute atomic E-state index is 0.0941. The molecule has 1 aliphatic heterocycles. The van der Waals surface area contributed by atoms with E-state index in [-0.39, 0.29) is 23.6 Å². The highest BCUT2D eigenvalue weighted by Gasteiger charge is 2.23. The lowest BCUT2D eigenvalue weighted by molar-refractivity contribution is -0.127. The number of rotatable bonds is 4. The molecule has 1 saturated heterocycles. The SMILES string of the molecule is CC(CN1CCCC1=O)NC(=O)c1ccc(Br)o1. The summed E-state index contributed by atoms with van der Waals surface area (Å²) in [6.07, 6.45) is 1.52. The van der Waals surface area contributed by atoms with Gasteiger partial charge >= 0.3 is 0 Å². The van der Waals surface area contributed by atoms with Crippen LogP contribution in [0, 0.1) is 0 Å². The molecule has 5 nitrogen and oxygen atoms in total. The number of likely N-dealkylation sites (tertiary alicyclic amines) is 1. The van der Waals surface area contributed by atoms with Gasteiger partial charge in [0.05, 0.1) is 0 Å². The van der Waals surface area contributed by atoms with Crippen molar-refractivity contribution in [3.63, 3.8) is 0 Å². The Morgan fingerprint density at radius 2 is 2.39 bits per heavy atom. The van der Waals surface area contributed by atoms with E-state index in [9.17, 15) is 9.59 Å². The number of hydrogen-bond donors (Lipinski definition) is 1. The number of carbonyl (C=O) groups is 2. The zero-order valence-corrected chi connectivity index (χ0v) is 11.7. The van der Waals surface area contributed by atoms with E-state index >= 15 is 0 Å². The van der Waals surface area contributed by atoms with Crippen LogP contribution >= 0.6 is 15.9 Å². The zero-order valence-electron chi connectivity index (χ0n) is 10.1. The van der Waals surface area contributed by atoms with Gasteiger partial charge in [-0.3, -0.25) is 9.59 Å². The van der Waals surface area contributed by atoms with Crippen LogP contribution in [-0.4, -0.2) is 35.8 Å². The van der Waals surface area contributed by atoms with E-state index in [0.29, 0.717) is 17.6 Å². The van der Waals surface area contributed by atoms with E-state index in [0.717, 1.165) is 13.0 Å². The van der Waals surface area contributed by atoms with Crippen molar-refractivity contribution in [1.82, 2.24) is 10.2 Å². The lowest BCUT2D eigenvalue weighted by atomic mass is 10.3. The summed E-state index contributed by atoms with van der Waals surface area (Å²) in [5, 5.41) is 2.81. The van der Waals surface area contributed by atoms with Crippen LogP contribution in [0.25, 0.3) is 0 Å². The van der Waals surface area contributed by atoms with E-state index in [1.807, 2.05) is 6.92 Å². The highest BCUT2D eigenvalue weighted by molar-refractivity contribution is 9.10. The van der Waals surface area contributed by atoms with Crippen molar-refractivity contribution >= 4 is 27.7 Å². The molecule has 0 saturated carbocycles. The van der Waals surface area contributed by atoms with Gasteiger partial charge in [-0.15, -0.1) is 0 Å². The molecular weight excluding hydrogens is 300 g/mol. The van der Waals surface area contributed by atoms with Gasteiger partial charge in [-0.05, 0) is 41.4 Å². The van der Waals surface area contributed by atoms with Crippen LogP contribution in [-0.2, 0) is 4.79 Å². The highest BCUT2D eigenvalue weighted by Crippen LogP contribution is 2.14. The third kappa shape index (κ3) is 3.13. The third-order valence-electron chi connectivity index (χ3n) is 2.84. The molecule has 98 valence electrons. The second-order valence-electron chi connectivity index (χ2n) is 4.42. The summed E-state index contributed by atoms with van der Waals surface area (Å²) in [5.74, 6) is 0.165. The standard InChI is InChI=1S/C12H15BrN2O3/c1-8(7-15-6-2-3-11(15)16)14-12(17)9-4-5-10(13)18-9/h4-5,8H,2-3,6-7H2,1H3,(H,14,17). The first-order chi connectivity index (χ1) is 8.56. The third-order valence-corrected chi connectivity index (χ3v) is 3.27. The Morgan fingerprint density at radius 3 is 2.94 bits per heavy atom. The predicted octanol–water partition coefficient (Wildman–Crippen LogP) is 1.78. The van der Waals surface area contributed by atoms with Gasteiger partial charge in [-0.1, -0.05) is 0 Å². The fourth-order valence-electron chi connectivity index (χ4n) is 2.00. The average molecular weight is 315 g/mol. The molecular formula is C12H15BrN2O3. The Morgan fingerprint density at radius 1 is 1.61 bits per heavy atom. The molecule has 0 spiro atoms. The first-order valence-corrected chi connectivity index (χ1v) is 6.69. The molecule has 0 aromatic carbocycles. The van der Waals surface area contributed by atoms with Crippen molar-refractivity contribution in [2.45, 2.75) is 25.8 Å². The summed E-state index contributed by atoms with van der Waals surface area (Å²) < 4.78 is 5.68. The molecule has 0 bridgehead atoms. The molecule has 1 N–H and O–H groups in total. The summed E-state index contributed by atoms with van der Waals surface area (Å²) >= 11 is 3.15. The summed E-state index contributed by atoms with van der Waals surface area (Å²) in [4.78, 5) is 25.0. The quantitative estimate of drug-likeness (QED) is 0.921. The minimum atomic E-state index is -0.264. The van der Waals surface area contributed by atoms with Crippen LogP contribution in [0.4, 0.5) is 0 Å². The van der Waals surface area contributed by atoms with Gasteiger partial charge in [0.2, 0.25) is 5.91 Å². The molecule has 6 heteroatoms. The maximum absolute atomic E-state index is 11.8. The molecule has 0 aliphatic carbocycles. The van der Waals surface area contributed by atoms with E-state index in [1.165, 1.54) is 0 Å². The summed E-state index contributed by atoms with van der Waals surface area (Å²) in [5.41, 5.74) is 0. The molecule has 2 amide bonds. The Bertz CT molecular complexity index is 458. The second-order valence-corrected chi connectivity index (χ2v) is 5.20. The Labute approximate surface area is 114 Å². The Hall–Kier alpha value is -1.30. The van der Waals surface area contributed by atoms with Crippen molar-refractivity contribution in [2.75, 3.05) is 13.1 Å². The summed E-state index contributed by atoms with van der Waals surface area (Å²) in [6.45, 7) is 3.21.